The van der Waals surface area contributed by atoms with Gasteiger partial charge in [-0.05, 0) is 23.8 Å². The third-order valence-electron chi connectivity index (χ3n) is 4.39. The van der Waals surface area contributed by atoms with E-state index in [-0.39, 0.29) is 16.3 Å². The summed E-state index contributed by atoms with van der Waals surface area (Å²) in [4.78, 5) is 27.8. The van der Waals surface area contributed by atoms with Crippen molar-refractivity contribution in [2.45, 2.75) is 18.2 Å². The molecule has 0 saturated carbocycles. The van der Waals surface area contributed by atoms with Crippen LogP contribution in [-0.2, 0) is 0 Å². The number of alkyl halides is 5. The standard InChI is InChI=1S/C22H15ClF5N3O3/c23-16-9-5-4-8-15(16)19(32)31-20(33)30-14-10-11-17(29-12-14)34-18(13-6-2-1-3-7-13)21(24,25)22(26,27)28/h1-12,18H,(H2,30,31,32,33). The van der Waals surface area contributed by atoms with Crippen LogP contribution in [0.25, 0.3) is 0 Å². The molecule has 0 radical (unpaired) electrons. The molecule has 1 aromatic heterocycles. The Labute approximate surface area is 194 Å². The molecule has 34 heavy (non-hydrogen) atoms. The molecule has 0 fully saturated rings. The van der Waals surface area contributed by atoms with Gasteiger partial charge in [-0.1, -0.05) is 54.1 Å². The molecule has 0 aliphatic carbocycles. The van der Waals surface area contributed by atoms with Gasteiger partial charge >= 0.3 is 18.1 Å². The van der Waals surface area contributed by atoms with Gasteiger partial charge in [0.25, 0.3) is 5.91 Å². The van der Waals surface area contributed by atoms with E-state index >= 15 is 0 Å². The number of rotatable bonds is 6. The highest BCUT2D eigenvalue weighted by Gasteiger charge is 2.64. The molecule has 0 saturated heterocycles. The molecule has 0 aliphatic heterocycles. The quantitative estimate of drug-likeness (QED) is 0.407. The van der Waals surface area contributed by atoms with Gasteiger partial charge < -0.3 is 10.1 Å². The first kappa shape index (κ1) is 24.9. The minimum atomic E-state index is -5.87. The third kappa shape index (κ3) is 5.79. The average Bonchev–Trinajstić information content (AvgIpc) is 2.78. The lowest BCUT2D eigenvalue weighted by atomic mass is 10.0. The van der Waals surface area contributed by atoms with Gasteiger partial charge in [-0.25, -0.2) is 9.78 Å². The molecule has 0 aliphatic rings. The molecule has 178 valence electrons. The number of carbonyl (C=O) groups is 2. The van der Waals surface area contributed by atoms with Crippen molar-refractivity contribution in [3.63, 3.8) is 0 Å². The normalized spacial score (nSPS) is 12.5. The van der Waals surface area contributed by atoms with Crippen molar-refractivity contribution < 1.29 is 36.3 Å². The summed E-state index contributed by atoms with van der Waals surface area (Å²) in [6, 6.07) is 13.4. The van der Waals surface area contributed by atoms with Gasteiger partial charge in [-0.2, -0.15) is 22.0 Å². The molecule has 1 unspecified atom stereocenters. The molecule has 2 aromatic carbocycles. The fraction of sp³-hybridized carbons (Fsp3) is 0.136. The number of pyridine rings is 1. The van der Waals surface area contributed by atoms with E-state index in [2.05, 4.69) is 10.3 Å². The number of anilines is 1. The Balaban J connectivity index is 1.71. The van der Waals surface area contributed by atoms with Crippen LogP contribution in [0.15, 0.2) is 72.9 Å². The number of urea groups is 1. The lowest BCUT2D eigenvalue weighted by Gasteiger charge is -2.29. The third-order valence-corrected chi connectivity index (χ3v) is 4.72. The molecule has 3 aromatic rings. The second kappa shape index (κ2) is 10.0. The summed E-state index contributed by atoms with van der Waals surface area (Å²) in [7, 11) is 0. The maximum absolute atomic E-state index is 14.1. The first-order valence-electron chi connectivity index (χ1n) is 9.48. The van der Waals surface area contributed by atoms with E-state index in [0.29, 0.717) is 0 Å². The van der Waals surface area contributed by atoms with Gasteiger partial charge in [-0.3, -0.25) is 10.1 Å². The number of amides is 3. The Morgan fingerprint density at radius 3 is 2.15 bits per heavy atom. The van der Waals surface area contributed by atoms with E-state index in [1.807, 2.05) is 5.32 Å². The summed E-state index contributed by atoms with van der Waals surface area (Å²) in [5, 5.41) is 4.43. The predicted octanol–water partition coefficient (Wildman–Crippen LogP) is 6.01. The Kier molecular flexibility index (Phi) is 7.35. The van der Waals surface area contributed by atoms with E-state index in [4.69, 9.17) is 16.3 Å². The van der Waals surface area contributed by atoms with Crippen LogP contribution in [0.2, 0.25) is 5.02 Å². The van der Waals surface area contributed by atoms with Crippen molar-refractivity contribution in [1.82, 2.24) is 10.3 Å². The number of halogens is 6. The summed E-state index contributed by atoms with van der Waals surface area (Å²) >= 11 is 5.89. The number of nitrogens with zero attached hydrogens (tertiary/aromatic N) is 1. The first-order valence-corrected chi connectivity index (χ1v) is 9.86. The fourth-order valence-electron chi connectivity index (χ4n) is 2.75. The largest absolute Gasteiger partial charge is 0.463 e. The molecule has 3 amide bonds. The van der Waals surface area contributed by atoms with Gasteiger partial charge in [0.2, 0.25) is 5.88 Å². The van der Waals surface area contributed by atoms with Gasteiger partial charge in [0.15, 0.2) is 6.10 Å². The number of hydrogen-bond acceptors (Lipinski definition) is 4. The number of carbonyl (C=O) groups excluding carboxylic acids is 2. The smallest absolute Gasteiger partial charge is 0.457 e. The van der Waals surface area contributed by atoms with Gasteiger partial charge in [-0.15, -0.1) is 0 Å². The van der Waals surface area contributed by atoms with E-state index in [1.54, 1.807) is 12.1 Å². The maximum Gasteiger partial charge on any atom is 0.457 e. The molecular weight excluding hydrogens is 485 g/mol. The monoisotopic (exact) mass is 499 g/mol. The molecule has 1 atom stereocenters. The minimum absolute atomic E-state index is 0.00986. The van der Waals surface area contributed by atoms with Crippen LogP contribution < -0.4 is 15.4 Å². The summed E-state index contributed by atoms with van der Waals surface area (Å²) in [6.07, 6.45) is -7.61. The highest BCUT2D eigenvalue weighted by atomic mass is 35.5. The molecule has 12 heteroatoms. The number of ether oxygens (including phenoxy) is 1. The maximum atomic E-state index is 14.1. The Morgan fingerprint density at radius 1 is 0.912 bits per heavy atom. The Hall–Kier alpha value is -3.73. The van der Waals surface area contributed by atoms with Crippen LogP contribution in [-0.4, -0.2) is 29.0 Å². The molecule has 6 nitrogen and oxygen atoms in total. The van der Waals surface area contributed by atoms with E-state index in [9.17, 15) is 31.5 Å². The second-order valence-corrected chi connectivity index (χ2v) is 7.21. The van der Waals surface area contributed by atoms with Crippen LogP contribution >= 0.6 is 11.6 Å². The van der Waals surface area contributed by atoms with Crippen LogP contribution in [0.4, 0.5) is 32.4 Å². The van der Waals surface area contributed by atoms with Crippen molar-refractivity contribution in [2.24, 2.45) is 0 Å². The van der Waals surface area contributed by atoms with Crippen LogP contribution in [0.5, 0.6) is 5.88 Å². The summed E-state index contributed by atoms with van der Waals surface area (Å²) in [5.74, 6) is -6.54. The average molecular weight is 500 g/mol. The zero-order chi connectivity index (χ0) is 24.9. The number of aromatic nitrogens is 1. The van der Waals surface area contributed by atoms with E-state index in [1.165, 1.54) is 30.3 Å². The Bertz CT molecular complexity index is 1160. The summed E-state index contributed by atoms with van der Waals surface area (Å²) in [6.45, 7) is 0. The molecule has 0 spiro atoms. The number of nitrogens with one attached hydrogen (secondary N) is 2. The minimum Gasteiger partial charge on any atom is -0.463 e. The van der Waals surface area contributed by atoms with Gasteiger partial charge in [0.1, 0.15) is 0 Å². The van der Waals surface area contributed by atoms with Gasteiger partial charge in [0.05, 0.1) is 22.5 Å². The van der Waals surface area contributed by atoms with E-state index < -0.39 is 41.6 Å². The molecule has 0 bridgehead atoms. The van der Waals surface area contributed by atoms with Crippen LogP contribution in [0.3, 0.4) is 0 Å². The van der Waals surface area contributed by atoms with Crippen molar-refractivity contribution in [3.05, 3.63) is 89.1 Å². The highest BCUT2D eigenvalue weighted by Crippen LogP contribution is 2.46. The van der Waals surface area contributed by atoms with Gasteiger partial charge in [0, 0.05) is 6.07 Å². The van der Waals surface area contributed by atoms with Crippen molar-refractivity contribution >= 4 is 29.2 Å². The summed E-state index contributed by atoms with van der Waals surface area (Å²) in [5.41, 5.74) is -0.347. The number of hydrogen-bond donors (Lipinski definition) is 2. The second-order valence-electron chi connectivity index (χ2n) is 6.80. The fourth-order valence-corrected chi connectivity index (χ4v) is 2.97. The van der Waals surface area contributed by atoms with Crippen molar-refractivity contribution in [1.29, 1.82) is 0 Å². The zero-order valence-corrected chi connectivity index (χ0v) is 17.7. The first-order chi connectivity index (χ1) is 16.0. The highest BCUT2D eigenvalue weighted by molar-refractivity contribution is 6.34. The number of imide groups is 1. The van der Waals surface area contributed by atoms with Crippen LogP contribution in [0.1, 0.15) is 22.0 Å². The van der Waals surface area contributed by atoms with Crippen molar-refractivity contribution in [2.75, 3.05) is 5.32 Å². The molecule has 2 N–H and O–H groups in total. The topological polar surface area (TPSA) is 80.3 Å². The van der Waals surface area contributed by atoms with E-state index in [0.717, 1.165) is 30.5 Å². The number of benzene rings is 2. The SMILES string of the molecule is O=C(NC(=O)c1ccccc1Cl)Nc1ccc(OC(c2ccccc2)C(F)(F)C(F)(F)F)nc1. The Morgan fingerprint density at radius 2 is 1.56 bits per heavy atom. The van der Waals surface area contributed by atoms with Crippen LogP contribution in [0, 0.1) is 0 Å². The van der Waals surface area contributed by atoms with Crippen molar-refractivity contribution in [3.8, 4) is 5.88 Å². The molecule has 3 rings (SSSR count). The predicted molar refractivity (Wildman–Crippen MR) is 113 cm³/mol. The summed E-state index contributed by atoms with van der Waals surface area (Å²) < 4.78 is 72.1. The lowest BCUT2D eigenvalue weighted by molar-refractivity contribution is -0.311. The molecular formula is C22H15ClF5N3O3. The zero-order valence-electron chi connectivity index (χ0n) is 16.9. The lowest BCUT2D eigenvalue weighted by Crippen LogP contribution is -2.44. The molecule has 1 heterocycles.